The lowest BCUT2D eigenvalue weighted by molar-refractivity contribution is -0.141. The second-order valence-corrected chi connectivity index (χ2v) is 10.1. The number of carbonyl (C=O) groups is 1. The number of rotatable bonds is 7. The monoisotopic (exact) mass is 557 g/mol. The number of phenols is 1. The third-order valence-electron chi connectivity index (χ3n) is 5.60. The van der Waals surface area contributed by atoms with E-state index in [1.165, 1.54) is 43.5 Å². The second-order valence-electron chi connectivity index (χ2n) is 8.42. The summed E-state index contributed by atoms with van der Waals surface area (Å²) >= 11 is 0. The lowest BCUT2D eigenvalue weighted by Gasteiger charge is -2.10. The van der Waals surface area contributed by atoms with Gasteiger partial charge in [-0.05, 0) is 61.0 Å². The topological polar surface area (TPSA) is 111 Å². The number of aromatic nitrogens is 2. The number of methoxy groups -OCH3 is 1. The molecule has 0 saturated carbocycles. The predicted octanol–water partition coefficient (Wildman–Crippen LogP) is 5.10. The molecule has 0 unspecified atom stereocenters. The summed E-state index contributed by atoms with van der Waals surface area (Å²) in [6.07, 6.45) is -2.36. The Labute approximate surface area is 222 Å². The molecule has 0 radical (unpaired) electrons. The molecule has 4 rings (SSSR count). The van der Waals surface area contributed by atoms with Crippen LogP contribution in [0.15, 0.2) is 83.8 Å². The number of aromatic hydroxyl groups is 1. The summed E-state index contributed by atoms with van der Waals surface area (Å²) in [5.41, 5.74) is 1.15. The van der Waals surface area contributed by atoms with E-state index in [1.54, 1.807) is 24.3 Å². The molecular weight excluding hydrogens is 535 g/mol. The van der Waals surface area contributed by atoms with Gasteiger partial charge in [-0.15, -0.1) is 0 Å². The van der Waals surface area contributed by atoms with Crippen molar-refractivity contribution in [2.24, 2.45) is 0 Å². The molecule has 0 spiro atoms. The SMILES string of the molecule is COc1cc(/C=C/C(=O)NS(=O)(=O)c2ccc(-n3nc(C(F)(F)F)cc3-c3ccc(C)cc3)cc2)ccc1O. The standard InChI is InChI=1S/C27H22F3N3O5S/c1-17-3-7-19(8-4-17)22-16-25(27(28,29)30)31-33(22)20-9-11-21(12-10-20)39(36,37)32-26(35)14-6-18-5-13-23(34)24(15-18)38-2/h3-16,34H,1-2H3,(H,32,35)/b14-6+. The fourth-order valence-electron chi connectivity index (χ4n) is 3.61. The molecule has 0 aliphatic carbocycles. The van der Waals surface area contributed by atoms with Crippen LogP contribution in [0, 0.1) is 6.92 Å². The van der Waals surface area contributed by atoms with Crippen LogP contribution in [-0.2, 0) is 21.0 Å². The van der Waals surface area contributed by atoms with Crippen LogP contribution in [0.5, 0.6) is 11.5 Å². The maximum Gasteiger partial charge on any atom is 0.435 e. The van der Waals surface area contributed by atoms with Gasteiger partial charge in [0.2, 0.25) is 0 Å². The van der Waals surface area contributed by atoms with Crippen LogP contribution >= 0.6 is 0 Å². The predicted molar refractivity (Wildman–Crippen MR) is 138 cm³/mol. The van der Waals surface area contributed by atoms with Gasteiger partial charge in [0.1, 0.15) is 0 Å². The van der Waals surface area contributed by atoms with E-state index >= 15 is 0 Å². The van der Waals surface area contributed by atoms with Crippen LogP contribution in [0.25, 0.3) is 23.0 Å². The number of ether oxygens (including phenoxy) is 1. The van der Waals surface area contributed by atoms with Crippen molar-refractivity contribution in [1.29, 1.82) is 0 Å². The van der Waals surface area contributed by atoms with Crippen molar-refractivity contribution in [3.05, 3.63) is 95.7 Å². The van der Waals surface area contributed by atoms with E-state index in [4.69, 9.17) is 4.74 Å². The Hall–Kier alpha value is -4.58. The van der Waals surface area contributed by atoms with Crippen molar-refractivity contribution in [2.75, 3.05) is 7.11 Å². The number of halogens is 3. The minimum absolute atomic E-state index is 0.0964. The first kappa shape index (κ1) is 27.5. The van der Waals surface area contributed by atoms with Crippen molar-refractivity contribution in [1.82, 2.24) is 14.5 Å². The molecule has 1 amide bonds. The molecule has 0 fully saturated rings. The number of amides is 1. The van der Waals surface area contributed by atoms with Gasteiger partial charge in [0.05, 0.1) is 23.4 Å². The summed E-state index contributed by atoms with van der Waals surface area (Å²) in [5, 5.41) is 13.3. The minimum atomic E-state index is -4.68. The lowest BCUT2D eigenvalue weighted by Crippen LogP contribution is -2.28. The number of hydrogen-bond acceptors (Lipinski definition) is 6. The first-order chi connectivity index (χ1) is 18.4. The van der Waals surface area contributed by atoms with Crippen LogP contribution in [0.3, 0.4) is 0 Å². The first-order valence-corrected chi connectivity index (χ1v) is 12.8. The van der Waals surface area contributed by atoms with Crippen molar-refractivity contribution in [2.45, 2.75) is 18.0 Å². The molecule has 4 aromatic rings. The molecule has 8 nitrogen and oxygen atoms in total. The molecule has 0 aliphatic heterocycles. The van der Waals surface area contributed by atoms with Crippen LogP contribution in [-0.4, -0.2) is 36.3 Å². The molecule has 0 atom stereocenters. The van der Waals surface area contributed by atoms with Crippen molar-refractivity contribution >= 4 is 22.0 Å². The van der Waals surface area contributed by atoms with E-state index in [0.717, 1.165) is 34.5 Å². The minimum Gasteiger partial charge on any atom is -0.504 e. The number of aryl methyl sites for hydroxylation is 1. The zero-order valence-electron chi connectivity index (χ0n) is 20.6. The van der Waals surface area contributed by atoms with Gasteiger partial charge >= 0.3 is 6.18 Å². The van der Waals surface area contributed by atoms with Crippen molar-refractivity contribution in [3.63, 3.8) is 0 Å². The zero-order chi connectivity index (χ0) is 28.4. The molecule has 0 bridgehead atoms. The number of benzene rings is 3. The molecule has 39 heavy (non-hydrogen) atoms. The molecule has 0 saturated heterocycles. The smallest absolute Gasteiger partial charge is 0.435 e. The maximum absolute atomic E-state index is 13.4. The first-order valence-electron chi connectivity index (χ1n) is 11.3. The van der Waals surface area contributed by atoms with E-state index in [2.05, 4.69) is 5.10 Å². The Bertz CT molecular complexity index is 1640. The highest BCUT2D eigenvalue weighted by atomic mass is 32.2. The summed E-state index contributed by atoms with van der Waals surface area (Å²) in [7, 11) is -2.93. The summed E-state index contributed by atoms with van der Waals surface area (Å²) in [6, 6.07) is 17.0. The largest absolute Gasteiger partial charge is 0.504 e. The van der Waals surface area contributed by atoms with Crippen LogP contribution < -0.4 is 9.46 Å². The number of nitrogens with one attached hydrogen (secondary N) is 1. The van der Waals surface area contributed by atoms with Gasteiger partial charge in [0.25, 0.3) is 15.9 Å². The van der Waals surface area contributed by atoms with Crippen molar-refractivity contribution in [3.8, 4) is 28.4 Å². The van der Waals surface area contributed by atoms with Crippen LogP contribution in [0.4, 0.5) is 13.2 Å². The molecule has 12 heteroatoms. The third-order valence-corrected chi connectivity index (χ3v) is 6.97. The van der Waals surface area contributed by atoms with E-state index in [1.807, 2.05) is 11.6 Å². The second kappa shape index (κ2) is 10.7. The quantitative estimate of drug-likeness (QED) is 0.306. The Morgan fingerprint density at radius 1 is 1.03 bits per heavy atom. The van der Waals surface area contributed by atoms with Gasteiger partial charge in [0, 0.05) is 11.6 Å². The number of hydrogen-bond donors (Lipinski definition) is 2. The maximum atomic E-state index is 13.4. The highest BCUT2D eigenvalue weighted by Crippen LogP contribution is 2.33. The van der Waals surface area contributed by atoms with Gasteiger partial charge in [-0.1, -0.05) is 35.9 Å². The van der Waals surface area contributed by atoms with Gasteiger partial charge in [-0.25, -0.2) is 17.8 Å². The van der Waals surface area contributed by atoms with E-state index in [0.29, 0.717) is 11.1 Å². The molecule has 1 heterocycles. The molecule has 0 aliphatic rings. The molecule has 202 valence electrons. The van der Waals surface area contributed by atoms with Gasteiger partial charge in [-0.3, -0.25) is 4.79 Å². The normalized spacial score (nSPS) is 12.0. The van der Waals surface area contributed by atoms with E-state index in [-0.39, 0.29) is 27.8 Å². The van der Waals surface area contributed by atoms with Crippen LogP contribution in [0.2, 0.25) is 0 Å². The molecule has 2 N–H and O–H groups in total. The van der Waals surface area contributed by atoms with E-state index < -0.39 is 27.8 Å². The van der Waals surface area contributed by atoms with E-state index in [9.17, 15) is 31.5 Å². The zero-order valence-corrected chi connectivity index (χ0v) is 21.4. The van der Waals surface area contributed by atoms with Gasteiger partial charge in [0.15, 0.2) is 17.2 Å². The molecule has 3 aromatic carbocycles. The average molecular weight is 558 g/mol. The number of phenolic OH excluding ortho intramolecular Hbond substituents is 1. The lowest BCUT2D eigenvalue weighted by atomic mass is 10.1. The Balaban J connectivity index is 1.57. The highest BCUT2D eigenvalue weighted by molar-refractivity contribution is 7.90. The number of nitrogens with zero attached hydrogens (tertiary/aromatic N) is 2. The fraction of sp³-hybridized carbons (Fsp3) is 0.111. The average Bonchev–Trinajstić information content (AvgIpc) is 3.35. The molecule has 1 aromatic heterocycles. The molecular formula is C27H22F3N3O5S. The number of sulfonamides is 1. The highest BCUT2D eigenvalue weighted by Gasteiger charge is 2.35. The Morgan fingerprint density at radius 2 is 1.69 bits per heavy atom. The van der Waals surface area contributed by atoms with Crippen LogP contribution in [0.1, 0.15) is 16.8 Å². The Kier molecular flexibility index (Phi) is 7.50. The fourth-order valence-corrected chi connectivity index (χ4v) is 4.55. The van der Waals surface area contributed by atoms with Gasteiger partial charge in [-0.2, -0.15) is 18.3 Å². The Morgan fingerprint density at radius 3 is 2.31 bits per heavy atom. The third kappa shape index (κ3) is 6.29. The van der Waals surface area contributed by atoms with Gasteiger partial charge < -0.3 is 9.84 Å². The van der Waals surface area contributed by atoms with Crippen molar-refractivity contribution < 1.29 is 36.2 Å². The number of alkyl halides is 3. The summed E-state index contributed by atoms with van der Waals surface area (Å²) < 4.78 is 73.7. The summed E-state index contributed by atoms with van der Waals surface area (Å²) in [5.74, 6) is -0.856. The number of carbonyl (C=O) groups excluding carboxylic acids is 1. The summed E-state index contributed by atoms with van der Waals surface area (Å²) in [6.45, 7) is 1.85. The summed E-state index contributed by atoms with van der Waals surface area (Å²) in [4.78, 5) is 12.0.